The predicted molar refractivity (Wildman–Crippen MR) is 54.1 cm³/mol. The molecule has 1 aromatic heterocycles. The lowest BCUT2D eigenvalue weighted by Gasteiger charge is -1.98. The SMILES string of the molecule is O=C(O)c1ccncc1C=CCS. The number of carbonyl (C=O) groups is 1. The Labute approximate surface area is 81.5 Å². The Kier molecular flexibility index (Phi) is 3.52. The van der Waals surface area contributed by atoms with Crippen molar-refractivity contribution >= 4 is 24.7 Å². The monoisotopic (exact) mass is 195 g/mol. The molecule has 1 rings (SSSR count). The zero-order valence-corrected chi connectivity index (χ0v) is 7.74. The van der Waals surface area contributed by atoms with Crippen molar-refractivity contribution in [3.63, 3.8) is 0 Å². The molecule has 0 aromatic carbocycles. The van der Waals surface area contributed by atoms with Crippen LogP contribution >= 0.6 is 12.6 Å². The zero-order valence-electron chi connectivity index (χ0n) is 6.84. The van der Waals surface area contributed by atoms with E-state index in [9.17, 15) is 4.79 Å². The second-order valence-corrected chi connectivity index (χ2v) is 2.72. The third-order valence-corrected chi connectivity index (χ3v) is 1.70. The van der Waals surface area contributed by atoms with Crippen molar-refractivity contribution in [1.82, 2.24) is 4.98 Å². The van der Waals surface area contributed by atoms with Crippen LogP contribution in [-0.2, 0) is 0 Å². The summed E-state index contributed by atoms with van der Waals surface area (Å²) >= 11 is 3.98. The van der Waals surface area contributed by atoms with Gasteiger partial charge in [0.2, 0.25) is 0 Å². The highest BCUT2D eigenvalue weighted by atomic mass is 32.1. The quantitative estimate of drug-likeness (QED) is 0.722. The molecule has 1 N–H and O–H groups in total. The van der Waals surface area contributed by atoms with Crippen LogP contribution in [0, 0.1) is 0 Å². The first kappa shape index (κ1) is 9.80. The van der Waals surface area contributed by atoms with Gasteiger partial charge >= 0.3 is 5.97 Å². The molecule has 0 spiro atoms. The molecule has 0 aliphatic carbocycles. The molecule has 4 heteroatoms. The maximum atomic E-state index is 10.7. The average Bonchev–Trinajstić information content (AvgIpc) is 2.15. The number of hydrogen-bond acceptors (Lipinski definition) is 3. The summed E-state index contributed by atoms with van der Waals surface area (Å²) in [7, 11) is 0. The molecule has 0 unspecified atom stereocenters. The van der Waals surface area contributed by atoms with E-state index in [4.69, 9.17) is 5.11 Å². The summed E-state index contributed by atoms with van der Waals surface area (Å²) in [5.41, 5.74) is 0.858. The number of rotatable bonds is 3. The lowest BCUT2D eigenvalue weighted by Crippen LogP contribution is -1.99. The molecule has 1 aromatic rings. The molecule has 0 aliphatic heterocycles. The normalized spacial score (nSPS) is 10.5. The lowest BCUT2D eigenvalue weighted by atomic mass is 10.1. The first-order valence-corrected chi connectivity index (χ1v) is 4.33. The fraction of sp³-hybridized carbons (Fsp3) is 0.111. The Morgan fingerprint density at radius 3 is 3.08 bits per heavy atom. The van der Waals surface area contributed by atoms with Crippen LogP contribution in [-0.4, -0.2) is 21.8 Å². The van der Waals surface area contributed by atoms with Crippen LogP contribution in [0.1, 0.15) is 15.9 Å². The van der Waals surface area contributed by atoms with Crippen LogP contribution in [0.3, 0.4) is 0 Å². The van der Waals surface area contributed by atoms with Gasteiger partial charge in [-0.3, -0.25) is 4.98 Å². The molecular formula is C9H9NO2S. The Morgan fingerprint density at radius 1 is 1.69 bits per heavy atom. The van der Waals surface area contributed by atoms with Gasteiger partial charge in [0.05, 0.1) is 5.56 Å². The summed E-state index contributed by atoms with van der Waals surface area (Å²) in [6.07, 6.45) is 6.45. The number of aromatic carboxylic acids is 1. The number of pyridine rings is 1. The van der Waals surface area contributed by atoms with Gasteiger partial charge < -0.3 is 5.11 Å². The van der Waals surface area contributed by atoms with E-state index >= 15 is 0 Å². The molecule has 3 nitrogen and oxygen atoms in total. The molecule has 0 radical (unpaired) electrons. The summed E-state index contributed by atoms with van der Waals surface area (Å²) < 4.78 is 0. The maximum Gasteiger partial charge on any atom is 0.336 e. The number of hydrogen-bond donors (Lipinski definition) is 2. The lowest BCUT2D eigenvalue weighted by molar-refractivity contribution is 0.0696. The van der Waals surface area contributed by atoms with Gasteiger partial charge in [0.25, 0.3) is 0 Å². The molecule has 0 saturated heterocycles. The summed E-state index contributed by atoms with van der Waals surface area (Å²) in [5.74, 6) is -0.366. The Morgan fingerprint density at radius 2 is 2.46 bits per heavy atom. The second-order valence-electron chi connectivity index (χ2n) is 2.35. The topological polar surface area (TPSA) is 50.2 Å². The van der Waals surface area contributed by atoms with Crippen LogP contribution in [0.25, 0.3) is 6.08 Å². The average molecular weight is 195 g/mol. The Balaban J connectivity index is 3.05. The molecule has 0 amide bonds. The molecule has 0 bridgehead atoms. The van der Waals surface area contributed by atoms with Gasteiger partial charge in [-0.25, -0.2) is 4.79 Å². The third-order valence-electron chi connectivity index (χ3n) is 1.49. The maximum absolute atomic E-state index is 10.7. The van der Waals surface area contributed by atoms with Gasteiger partial charge in [-0.2, -0.15) is 12.6 Å². The number of nitrogens with zero attached hydrogens (tertiary/aromatic N) is 1. The standard InChI is InChI=1S/C9H9NO2S/c11-9(12)8-3-4-10-6-7(8)2-1-5-13/h1-4,6,13H,5H2,(H,11,12). The summed E-state index contributed by atoms with van der Waals surface area (Å²) in [4.78, 5) is 14.5. The minimum absolute atomic E-state index is 0.257. The van der Waals surface area contributed by atoms with Gasteiger partial charge in [0.1, 0.15) is 0 Å². The fourth-order valence-corrected chi connectivity index (χ4v) is 1.02. The number of carboxylic acids is 1. The van der Waals surface area contributed by atoms with Gasteiger partial charge in [-0.15, -0.1) is 0 Å². The van der Waals surface area contributed by atoms with Gasteiger partial charge in [-0.1, -0.05) is 12.2 Å². The minimum Gasteiger partial charge on any atom is -0.478 e. The van der Waals surface area contributed by atoms with Crippen LogP contribution in [0.2, 0.25) is 0 Å². The van der Waals surface area contributed by atoms with E-state index in [1.807, 2.05) is 0 Å². The van der Waals surface area contributed by atoms with Crippen molar-refractivity contribution in [3.05, 3.63) is 35.7 Å². The van der Waals surface area contributed by atoms with Crippen molar-refractivity contribution in [1.29, 1.82) is 0 Å². The fourth-order valence-electron chi connectivity index (χ4n) is 0.914. The van der Waals surface area contributed by atoms with Crippen molar-refractivity contribution < 1.29 is 9.90 Å². The van der Waals surface area contributed by atoms with E-state index in [-0.39, 0.29) is 5.56 Å². The molecule has 68 valence electrons. The molecule has 13 heavy (non-hydrogen) atoms. The highest BCUT2D eigenvalue weighted by Crippen LogP contribution is 2.08. The number of thiol groups is 1. The number of aromatic nitrogens is 1. The molecule has 1 heterocycles. The van der Waals surface area contributed by atoms with Gasteiger partial charge in [0.15, 0.2) is 0 Å². The molecule has 0 fully saturated rings. The van der Waals surface area contributed by atoms with Crippen molar-refractivity contribution in [2.45, 2.75) is 0 Å². The Hall–Kier alpha value is -1.29. The van der Waals surface area contributed by atoms with Crippen LogP contribution in [0.4, 0.5) is 0 Å². The molecular weight excluding hydrogens is 186 g/mol. The summed E-state index contributed by atoms with van der Waals surface area (Å²) in [6.45, 7) is 0. The smallest absolute Gasteiger partial charge is 0.336 e. The van der Waals surface area contributed by atoms with Crippen molar-refractivity contribution in [3.8, 4) is 0 Å². The van der Waals surface area contributed by atoms with Crippen LogP contribution < -0.4 is 0 Å². The predicted octanol–water partition coefficient (Wildman–Crippen LogP) is 1.72. The van der Waals surface area contributed by atoms with E-state index in [2.05, 4.69) is 17.6 Å². The summed E-state index contributed by atoms with van der Waals surface area (Å²) in [5, 5.41) is 8.78. The third kappa shape index (κ3) is 2.59. The Bertz CT molecular complexity index is 336. The van der Waals surface area contributed by atoms with E-state index in [0.29, 0.717) is 11.3 Å². The molecule has 0 saturated carbocycles. The molecule has 0 aliphatic rings. The van der Waals surface area contributed by atoms with Crippen LogP contribution in [0.15, 0.2) is 24.5 Å². The van der Waals surface area contributed by atoms with Gasteiger partial charge in [-0.05, 0) is 6.07 Å². The second kappa shape index (κ2) is 4.67. The molecule has 0 atom stereocenters. The van der Waals surface area contributed by atoms with Crippen LogP contribution in [0.5, 0.6) is 0 Å². The van der Waals surface area contributed by atoms with Crippen molar-refractivity contribution in [2.75, 3.05) is 5.75 Å². The summed E-state index contributed by atoms with van der Waals surface area (Å²) in [6, 6.07) is 1.47. The largest absolute Gasteiger partial charge is 0.478 e. The van der Waals surface area contributed by atoms with E-state index in [1.54, 1.807) is 12.2 Å². The first-order chi connectivity index (χ1) is 6.25. The highest BCUT2D eigenvalue weighted by Gasteiger charge is 2.05. The number of carboxylic acid groups (broad SMARTS) is 1. The van der Waals surface area contributed by atoms with E-state index in [1.165, 1.54) is 18.5 Å². The highest BCUT2D eigenvalue weighted by molar-refractivity contribution is 7.80. The van der Waals surface area contributed by atoms with E-state index < -0.39 is 5.97 Å². The zero-order chi connectivity index (χ0) is 9.68. The van der Waals surface area contributed by atoms with E-state index in [0.717, 1.165) is 0 Å². The minimum atomic E-state index is -0.943. The van der Waals surface area contributed by atoms with Gasteiger partial charge in [0, 0.05) is 23.7 Å². The first-order valence-electron chi connectivity index (χ1n) is 3.70. The van der Waals surface area contributed by atoms with Crippen molar-refractivity contribution in [2.24, 2.45) is 0 Å².